The van der Waals surface area contributed by atoms with Crippen LogP contribution in [0.2, 0.25) is 0 Å². The smallest absolute Gasteiger partial charge is 0.318 e. The Morgan fingerprint density at radius 1 is 1.30 bits per heavy atom. The summed E-state index contributed by atoms with van der Waals surface area (Å²) in [5.41, 5.74) is 0. The number of likely N-dealkylation sites (tertiary alicyclic amines) is 1. The first-order chi connectivity index (χ1) is 9.32. The molecule has 0 aromatic rings. The minimum atomic E-state index is -0.953. The molecule has 1 aliphatic rings. The number of rotatable bonds is 5. The highest BCUT2D eigenvalue weighted by molar-refractivity contribution is 5.88. The van der Waals surface area contributed by atoms with Crippen LogP contribution in [-0.2, 0) is 9.59 Å². The highest BCUT2D eigenvalue weighted by atomic mass is 16.4. The lowest BCUT2D eigenvalue weighted by atomic mass is 10.1. The molecule has 1 rings (SSSR count). The average molecular weight is 285 g/mol. The zero-order valence-electron chi connectivity index (χ0n) is 12.2. The summed E-state index contributed by atoms with van der Waals surface area (Å²) in [6, 6.07) is -0.738. The molecule has 1 aliphatic heterocycles. The standard InChI is InChI=1S/C13H23N3O4/c1-8(2)15-13(20)16-6-4-5-10(16)11(17)14-7-9(3)12(18)19/h8-10H,4-7H2,1-3H3,(H,14,17)(H,15,20)(H,18,19)/t9?,10-/m0/s1. The number of carboxylic acids is 1. The summed E-state index contributed by atoms with van der Waals surface area (Å²) in [7, 11) is 0. The third kappa shape index (κ3) is 4.40. The number of aliphatic carboxylic acids is 1. The van der Waals surface area contributed by atoms with Crippen LogP contribution in [0.4, 0.5) is 4.79 Å². The van der Waals surface area contributed by atoms with Crippen molar-refractivity contribution < 1.29 is 19.5 Å². The van der Waals surface area contributed by atoms with Gasteiger partial charge in [0.15, 0.2) is 0 Å². The SMILES string of the molecule is CC(C)NC(=O)N1CCC[C@H]1C(=O)NCC(C)C(=O)O. The summed E-state index contributed by atoms with van der Waals surface area (Å²) < 4.78 is 0. The summed E-state index contributed by atoms with van der Waals surface area (Å²) in [6.07, 6.45) is 1.39. The van der Waals surface area contributed by atoms with E-state index in [4.69, 9.17) is 5.11 Å². The lowest BCUT2D eigenvalue weighted by molar-refractivity contribution is -0.141. The Balaban J connectivity index is 2.53. The maximum Gasteiger partial charge on any atom is 0.318 e. The van der Waals surface area contributed by atoms with Gasteiger partial charge in [0.25, 0.3) is 0 Å². The summed E-state index contributed by atoms with van der Waals surface area (Å²) in [5, 5.41) is 14.1. The topological polar surface area (TPSA) is 98.7 Å². The van der Waals surface area contributed by atoms with Crippen molar-refractivity contribution in [1.29, 1.82) is 0 Å². The fourth-order valence-corrected chi connectivity index (χ4v) is 2.07. The van der Waals surface area contributed by atoms with Gasteiger partial charge in [-0.3, -0.25) is 9.59 Å². The van der Waals surface area contributed by atoms with Crippen LogP contribution in [0.25, 0.3) is 0 Å². The van der Waals surface area contributed by atoms with Crippen LogP contribution in [0.3, 0.4) is 0 Å². The number of carbonyl (C=O) groups is 3. The van der Waals surface area contributed by atoms with Crippen LogP contribution in [0.15, 0.2) is 0 Å². The van der Waals surface area contributed by atoms with E-state index in [0.29, 0.717) is 13.0 Å². The van der Waals surface area contributed by atoms with Crippen LogP contribution in [0.1, 0.15) is 33.6 Å². The number of nitrogens with zero attached hydrogens (tertiary/aromatic N) is 1. The van der Waals surface area contributed by atoms with Gasteiger partial charge in [-0.1, -0.05) is 6.92 Å². The minimum absolute atomic E-state index is 0.0128. The molecule has 1 fully saturated rings. The molecule has 0 aromatic carbocycles. The molecule has 0 radical (unpaired) electrons. The number of amides is 3. The zero-order valence-corrected chi connectivity index (χ0v) is 12.2. The predicted octanol–water partition coefficient (Wildman–Crippen LogP) is 0.406. The lowest BCUT2D eigenvalue weighted by Gasteiger charge is -2.25. The fraction of sp³-hybridized carbons (Fsp3) is 0.769. The predicted molar refractivity (Wildman–Crippen MR) is 73.2 cm³/mol. The summed E-state index contributed by atoms with van der Waals surface area (Å²) in [4.78, 5) is 36.2. The van der Waals surface area contributed by atoms with E-state index < -0.39 is 17.9 Å². The van der Waals surface area contributed by atoms with Gasteiger partial charge in [0, 0.05) is 19.1 Å². The molecule has 2 atom stereocenters. The number of hydrogen-bond donors (Lipinski definition) is 3. The van der Waals surface area contributed by atoms with Crippen LogP contribution in [-0.4, -0.2) is 53.1 Å². The number of urea groups is 1. The Hall–Kier alpha value is -1.79. The number of carbonyl (C=O) groups excluding carboxylic acids is 2. The van der Waals surface area contributed by atoms with Crippen molar-refractivity contribution in [3.63, 3.8) is 0 Å². The molecule has 1 heterocycles. The second kappa shape index (κ2) is 7.12. The molecule has 20 heavy (non-hydrogen) atoms. The molecule has 0 aromatic heterocycles. The van der Waals surface area contributed by atoms with E-state index in [-0.39, 0.29) is 24.5 Å². The monoisotopic (exact) mass is 285 g/mol. The lowest BCUT2D eigenvalue weighted by Crippen LogP contribution is -2.51. The molecule has 0 spiro atoms. The molecule has 7 nitrogen and oxygen atoms in total. The molecule has 114 valence electrons. The van der Waals surface area contributed by atoms with Crippen LogP contribution in [0.5, 0.6) is 0 Å². The van der Waals surface area contributed by atoms with Gasteiger partial charge in [-0.15, -0.1) is 0 Å². The van der Waals surface area contributed by atoms with Gasteiger partial charge >= 0.3 is 12.0 Å². The van der Waals surface area contributed by atoms with Gasteiger partial charge in [-0.05, 0) is 26.7 Å². The highest BCUT2D eigenvalue weighted by Crippen LogP contribution is 2.17. The Labute approximate surface area is 118 Å². The van der Waals surface area contributed by atoms with Crippen LogP contribution >= 0.6 is 0 Å². The zero-order chi connectivity index (χ0) is 15.3. The summed E-state index contributed by atoms with van der Waals surface area (Å²) in [6.45, 7) is 5.87. The van der Waals surface area contributed by atoms with E-state index in [2.05, 4.69) is 10.6 Å². The van der Waals surface area contributed by atoms with Gasteiger partial charge in [-0.25, -0.2) is 4.79 Å². The Morgan fingerprint density at radius 2 is 1.95 bits per heavy atom. The van der Waals surface area contributed by atoms with Crippen molar-refractivity contribution in [3.8, 4) is 0 Å². The molecule has 1 unspecified atom stereocenters. The van der Waals surface area contributed by atoms with Crippen molar-refractivity contribution >= 4 is 17.9 Å². The largest absolute Gasteiger partial charge is 0.481 e. The minimum Gasteiger partial charge on any atom is -0.481 e. The van der Waals surface area contributed by atoms with E-state index in [0.717, 1.165) is 6.42 Å². The molecular formula is C13H23N3O4. The van der Waals surface area contributed by atoms with Crippen LogP contribution < -0.4 is 10.6 Å². The van der Waals surface area contributed by atoms with Gasteiger partial charge in [0.2, 0.25) is 5.91 Å². The number of hydrogen-bond acceptors (Lipinski definition) is 3. The van der Waals surface area contributed by atoms with Crippen molar-refractivity contribution in [2.24, 2.45) is 5.92 Å². The highest BCUT2D eigenvalue weighted by Gasteiger charge is 2.34. The second-order valence-corrected chi connectivity index (χ2v) is 5.44. The first-order valence-electron chi connectivity index (χ1n) is 6.90. The van der Waals surface area contributed by atoms with Gasteiger partial charge in [0.05, 0.1) is 5.92 Å². The number of nitrogens with one attached hydrogen (secondary N) is 2. The molecule has 3 amide bonds. The first kappa shape index (κ1) is 16.3. The first-order valence-corrected chi connectivity index (χ1v) is 6.90. The Kier molecular flexibility index (Phi) is 5.79. The van der Waals surface area contributed by atoms with E-state index in [1.54, 1.807) is 0 Å². The van der Waals surface area contributed by atoms with Crippen molar-refractivity contribution in [2.45, 2.75) is 45.7 Å². The Morgan fingerprint density at radius 3 is 2.50 bits per heavy atom. The van der Waals surface area contributed by atoms with Gasteiger partial charge in [0.1, 0.15) is 6.04 Å². The normalized spacial score (nSPS) is 19.8. The van der Waals surface area contributed by atoms with E-state index in [1.165, 1.54) is 11.8 Å². The van der Waals surface area contributed by atoms with Gasteiger partial charge in [-0.2, -0.15) is 0 Å². The van der Waals surface area contributed by atoms with Crippen molar-refractivity contribution in [1.82, 2.24) is 15.5 Å². The van der Waals surface area contributed by atoms with E-state index >= 15 is 0 Å². The maximum absolute atomic E-state index is 12.0. The number of carboxylic acid groups (broad SMARTS) is 1. The third-order valence-electron chi connectivity index (χ3n) is 3.23. The molecule has 7 heteroatoms. The average Bonchev–Trinajstić information content (AvgIpc) is 2.83. The quantitative estimate of drug-likeness (QED) is 0.681. The van der Waals surface area contributed by atoms with Crippen molar-refractivity contribution in [2.75, 3.05) is 13.1 Å². The fourth-order valence-electron chi connectivity index (χ4n) is 2.07. The molecule has 0 aliphatic carbocycles. The Bertz CT molecular complexity index is 384. The van der Waals surface area contributed by atoms with E-state index in [9.17, 15) is 14.4 Å². The summed E-state index contributed by atoms with van der Waals surface area (Å²) in [5.74, 6) is -1.88. The molecule has 0 bridgehead atoms. The molecule has 1 saturated heterocycles. The third-order valence-corrected chi connectivity index (χ3v) is 3.23. The van der Waals surface area contributed by atoms with Crippen molar-refractivity contribution in [3.05, 3.63) is 0 Å². The molecule has 0 saturated carbocycles. The van der Waals surface area contributed by atoms with E-state index in [1.807, 2.05) is 13.8 Å². The van der Waals surface area contributed by atoms with Crippen LogP contribution in [0, 0.1) is 5.92 Å². The summed E-state index contributed by atoms with van der Waals surface area (Å²) >= 11 is 0. The van der Waals surface area contributed by atoms with Gasteiger partial charge < -0.3 is 20.6 Å². The molecular weight excluding hydrogens is 262 g/mol. The maximum atomic E-state index is 12.0. The molecule has 3 N–H and O–H groups in total. The second-order valence-electron chi connectivity index (χ2n) is 5.44.